The molecule has 1 aromatic carbocycles. The van der Waals surface area contributed by atoms with Crippen LogP contribution in [0.25, 0.3) is 5.69 Å². The van der Waals surface area contributed by atoms with Gasteiger partial charge in [0.2, 0.25) is 0 Å². The number of nitrogens with two attached hydrogens (primary N) is 1. The van der Waals surface area contributed by atoms with Gasteiger partial charge in [-0.25, -0.2) is 4.68 Å². The van der Waals surface area contributed by atoms with E-state index in [1.54, 1.807) is 0 Å². The molecule has 1 heterocycles. The average molecular weight is 272 g/mol. The van der Waals surface area contributed by atoms with Crippen molar-refractivity contribution in [2.24, 2.45) is 11.8 Å². The molecule has 2 aromatic rings. The number of hydrogen-bond acceptors (Lipinski definition) is 3. The van der Waals surface area contributed by atoms with Gasteiger partial charge in [-0.05, 0) is 24.5 Å². The highest BCUT2D eigenvalue weighted by atomic mass is 15.3. The molecule has 4 heteroatoms. The summed E-state index contributed by atoms with van der Waals surface area (Å²) in [6, 6.07) is 10.3. The lowest BCUT2D eigenvalue weighted by atomic mass is 9.93. The van der Waals surface area contributed by atoms with Gasteiger partial charge in [-0.1, -0.05) is 44.9 Å². The molecule has 1 aromatic heterocycles. The molecular weight excluding hydrogens is 248 g/mol. The van der Waals surface area contributed by atoms with E-state index < -0.39 is 0 Å². The van der Waals surface area contributed by atoms with Crippen molar-refractivity contribution in [1.82, 2.24) is 15.2 Å². The first kappa shape index (κ1) is 14.8. The summed E-state index contributed by atoms with van der Waals surface area (Å²) in [5.41, 5.74) is 5.14. The van der Waals surface area contributed by atoms with E-state index in [4.69, 9.17) is 5.84 Å². The highest BCUT2D eigenvalue weighted by Gasteiger charge is 2.16. The van der Waals surface area contributed by atoms with Crippen LogP contribution in [0.1, 0.15) is 44.7 Å². The van der Waals surface area contributed by atoms with Gasteiger partial charge in [0.05, 0.1) is 11.9 Å². The second-order valence-electron chi connectivity index (χ2n) is 5.19. The van der Waals surface area contributed by atoms with E-state index in [1.165, 1.54) is 12.8 Å². The summed E-state index contributed by atoms with van der Waals surface area (Å²) >= 11 is 0. The van der Waals surface area contributed by atoms with Gasteiger partial charge in [0.25, 0.3) is 0 Å². The third-order valence-corrected chi connectivity index (χ3v) is 3.95. The fourth-order valence-corrected chi connectivity index (χ4v) is 2.49. The number of nitrogens with zero attached hydrogens (tertiary/aromatic N) is 2. The van der Waals surface area contributed by atoms with E-state index >= 15 is 0 Å². The molecule has 0 aliphatic heterocycles. The van der Waals surface area contributed by atoms with Crippen LogP contribution in [-0.2, 0) is 0 Å². The zero-order valence-corrected chi connectivity index (χ0v) is 12.3. The van der Waals surface area contributed by atoms with Crippen LogP contribution in [0.5, 0.6) is 0 Å². The minimum absolute atomic E-state index is 0.164. The van der Waals surface area contributed by atoms with Crippen molar-refractivity contribution >= 4 is 0 Å². The number of para-hydroxylation sites is 1. The first-order valence-electron chi connectivity index (χ1n) is 7.34. The molecule has 0 aliphatic carbocycles. The van der Waals surface area contributed by atoms with Crippen LogP contribution >= 0.6 is 0 Å². The van der Waals surface area contributed by atoms with Crippen LogP contribution < -0.4 is 11.3 Å². The quantitative estimate of drug-likeness (QED) is 0.601. The van der Waals surface area contributed by atoms with Gasteiger partial charge in [0.1, 0.15) is 0 Å². The van der Waals surface area contributed by atoms with Gasteiger partial charge in [0, 0.05) is 17.8 Å². The molecule has 0 aliphatic rings. The van der Waals surface area contributed by atoms with Crippen molar-refractivity contribution in [3.8, 4) is 5.69 Å². The van der Waals surface area contributed by atoms with Crippen molar-refractivity contribution in [3.63, 3.8) is 0 Å². The van der Waals surface area contributed by atoms with Crippen molar-refractivity contribution in [1.29, 1.82) is 0 Å². The Bertz CT molecular complexity index is 502. The van der Waals surface area contributed by atoms with Crippen LogP contribution in [0.15, 0.2) is 42.7 Å². The molecule has 108 valence electrons. The van der Waals surface area contributed by atoms with Crippen LogP contribution in [-0.4, -0.2) is 9.78 Å². The smallest absolute Gasteiger partial charge is 0.0645 e. The summed E-state index contributed by atoms with van der Waals surface area (Å²) in [5.74, 6) is 6.41. The molecule has 0 saturated heterocycles. The number of aromatic nitrogens is 2. The van der Waals surface area contributed by atoms with Gasteiger partial charge < -0.3 is 0 Å². The fourth-order valence-electron chi connectivity index (χ4n) is 2.49. The Labute approximate surface area is 121 Å². The molecule has 0 fully saturated rings. The summed E-state index contributed by atoms with van der Waals surface area (Å²) in [6.45, 7) is 4.46. The second kappa shape index (κ2) is 7.22. The standard InChI is InChI=1S/C16H24N4/c1-3-13(4-2)10-16(19-17)14-11-18-20(12-14)15-8-6-5-7-9-15/h5-9,11-13,16,19H,3-4,10,17H2,1-2H3. The zero-order valence-electron chi connectivity index (χ0n) is 12.3. The highest BCUT2D eigenvalue weighted by Crippen LogP contribution is 2.24. The maximum absolute atomic E-state index is 5.72. The van der Waals surface area contributed by atoms with Crippen LogP contribution in [0.2, 0.25) is 0 Å². The summed E-state index contributed by atoms with van der Waals surface area (Å²) in [7, 11) is 0. The second-order valence-corrected chi connectivity index (χ2v) is 5.19. The van der Waals surface area contributed by atoms with E-state index in [1.807, 2.05) is 41.2 Å². The molecule has 0 bridgehead atoms. The fraction of sp³-hybridized carbons (Fsp3) is 0.438. The van der Waals surface area contributed by atoms with E-state index in [0.717, 1.165) is 17.7 Å². The highest BCUT2D eigenvalue weighted by molar-refractivity contribution is 5.31. The summed E-state index contributed by atoms with van der Waals surface area (Å²) < 4.78 is 1.90. The molecule has 0 amide bonds. The van der Waals surface area contributed by atoms with Crippen molar-refractivity contribution < 1.29 is 0 Å². The molecule has 20 heavy (non-hydrogen) atoms. The van der Waals surface area contributed by atoms with Crippen LogP contribution in [0, 0.1) is 5.92 Å². The number of nitrogens with one attached hydrogen (secondary N) is 1. The molecule has 2 rings (SSSR count). The van der Waals surface area contributed by atoms with Gasteiger partial charge >= 0.3 is 0 Å². The molecule has 3 N–H and O–H groups in total. The molecule has 0 radical (unpaired) electrons. The Balaban J connectivity index is 2.14. The minimum atomic E-state index is 0.164. The first-order chi connectivity index (χ1) is 9.78. The lowest BCUT2D eigenvalue weighted by Gasteiger charge is -2.20. The Morgan fingerprint density at radius 3 is 2.50 bits per heavy atom. The molecule has 0 saturated carbocycles. The minimum Gasteiger partial charge on any atom is -0.271 e. The van der Waals surface area contributed by atoms with Crippen LogP contribution in [0.4, 0.5) is 0 Å². The van der Waals surface area contributed by atoms with Gasteiger partial charge in [-0.3, -0.25) is 11.3 Å². The third-order valence-electron chi connectivity index (χ3n) is 3.95. The monoisotopic (exact) mass is 272 g/mol. The van der Waals surface area contributed by atoms with E-state index in [2.05, 4.69) is 30.6 Å². The largest absolute Gasteiger partial charge is 0.271 e. The first-order valence-corrected chi connectivity index (χ1v) is 7.34. The maximum Gasteiger partial charge on any atom is 0.0645 e. The normalized spacial score (nSPS) is 12.8. The zero-order chi connectivity index (χ0) is 14.4. The molecule has 0 spiro atoms. The van der Waals surface area contributed by atoms with Gasteiger partial charge in [-0.15, -0.1) is 0 Å². The summed E-state index contributed by atoms with van der Waals surface area (Å²) in [4.78, 5) is 0. The van der Waals surface area contributed by atoms with Gasteiger partial charge in [0.15, 0.2) is 0 Å². The Hall–Kier alpha value is -1.65. The third kappa shape index (κ3) is 3.46. The average Bonchev–Trinajstić information content (AvgIpc) is 2.99. The summed E-state index contributed by atoms with van der Waals surface area (Å²) in [5, 5.41) is 4.44. The SMILES string of the molecule is CCC(CC)CC(NN)c1cnn(-c2ccccc2)c1. The Kier molecular flexibility index (Phi) is 5.32. The number of hydrazine groups is 1. The molecular formula is C16H24N4. The molecule has 4 nitrogen and oxygen atoms in total. The van der Waals surface area contributed by atoms with Gasteiger partial charge in [-0.2, -0.15) is 5.10 Å². The lowest BCUT2D eigenvalue weighted by molar-refractivity contribution is 0.375. The molecule has 1 unspecified atom stereocenters. The van der Waals surface area contributed by atoms with Crippen molar-refractivity contribution in [2.75, 3.05) is 0 Å². The van der Waals surface area contributed by atoms with Crippen LogP contribution in [0.3, 0.4) is 0 Å². The maximum atomic E-state index is 5.72. The van der Waals surface area contributed by atoms with E-state index in [0.29, 0.717) is 5.92 Å². The lowest BCUT2D eigenvalue weighted by Crippen LogP contribution is -2.29. The number of hydrogen-bond donors (Lipinski definition) is 2. The van der Waals surface area contributed by atoms with Crippen molar-refractivity contribution in [3.05, 3.63) is 48.3 Å². The van der Waals surface area contributed by atoms with E-state index in [-0.39, 0.29) is 6.04 Å². The number of rotatable bonds is 7. The number of benzene rings is 1. The van der Waals surface area contributed by atoms with E-state index in [9.17, 15) is 0 Å². The Morgan fingerprint density at radius 2 is 1.90 bits per heavy atom. The predicted octanol–water partition coefficient (Wildman–Crippen LogP) is 3.20. The Morgan fingerprint density at radius 1 is 1.20 bits per heavy atom. The molecule has 1 atom stereocenters. The summed E-state index contributed by atoms with van der Waals surface area (Å²) in [6.07, 6.45) is 7.37. The van der Waals surface area contributed by atoms with Crippen molar-refractivity contribution in [2.45, 2.75) is 39.2 Å². The predicted molar refractivity (Wildman–Crippen MR) is 82.3 cm³/mol. The topological polar surface area (TPSA) is 55.9 Å².